The molecule has 0 radical (unpaired) electrons. The molecule has 0 saturated heterocycles. The van der Waals surface area contributed by atoms with Crippen LogP contribution in [-0.4, -0.2) is 11.4 Å². The molecule has 0 aliphatic heterocycles. The molecule has 13 heavy (non-hydrogen) atoms. The van der Waals surface area contributed by atoms with Crippen molar-refractivity contribution in [3.8, 4) is 5.75 Å². The third-order valence-electron chi connectivity index (χ3n) is 1.94. The molecule has 0 bridgehead atoms. The summed E-state index contributed by atoms with van der Waals surface area (Å²) in [5.74, 6) is 0.996. The molecule has 0 aliphatic carbocycles. The smallest absolute Gasteiger partial charge is 0.122 e. The highest BCUT2D eigenvalue weighted by molar-refractivity contribution is 9.09. The summed E-state index contributed by atoms with van der Waals surface area (Å²) in [6.45, 7) is 4.16. The lowest BCUT2D eigenvalue weighted by atomic mass is 10.2. The average molecular weight is 243 g/mol. The number of alkyl halides is 1. The molecule has 1 rings (SSSR count). The molecule has 0 amide bonds. The van der Waals surface area contributed by atoms with E-state index in [1.165, 1.54) is 5.56 Å². The second kappa shape index (κ2) is 5.28. The largest absolute Gasteiger partial charge is 0.490 e. The Balaban J connectivity index is 2.58. The Morgan fingerprint density at radius 2 is 2.08 bits per heavy atom. The highest BCUT2D eigenvalue weighted by atomic mass is 79.9. The van der Waals surface area contributed by atoms with E-state index in [4.69, 9.17) is 4.74 Å². The summed E-state index contributed by atoms with van der Waals surface area (Å²) in [5.41, 5.74) is 1.20. The Morgan fingerprint density at radius 3 is 2.69 bits per heavy atom. The van der Waals surface area contributed by atoms with Crippen molar-refractivity contribution >= 4 is 15.9 Å². The Labute approximate surface area is 88.2 Å². The second-order valence-electron chi connectivity index (χ2n) is 3.17. The molecule has 0 N–H and O–H groups in total. The third-order valence-corrected chi connectivity index (χ3v) is 2.40. The van der Waals surface area contributed by atoms with Gasteiger partial charge in [0, 0.05) is 5.33 Å². The molecule has 0 heterocycles. The number of ether oxygens (including phenoxy) is 1. The van der Waals surface area contributed by atoms with Crippen LogP contribution in [0, 0.1) is 6.92 Å². The zero-order valence-electron chi connectivity index (χ0n) is 8.09. The van der Waals surface area contributed by atoms with Crippen LogP contribution in [0.25, 0.3) is 0 Å². The first-order valence-corrected chi connectivity index (χ1v) is 5.64. The maximum absolute atomic E-state index is 5.76. The maximum Gasteiger partial charge on any atom is 0.122 e. The van der Waals surface area contributed by atoms with Crippen LogP contribution in [0.3, 0.4) is 0 Å². The molecular weight excluding hydrogens is 228 g/mol. The number of para-hydroxylation sites is 1. The lowest BCUT2D eigenvalue weighted by Gasteiger charge is -2.14. The monoisotopic (exact) mass is 242 g/mol. The minimum atomic E-state index is 0.278. The van der Waals surface area contributed by atoms with Gasteiger partial charge in [-0.1, -0.05) is 34.1 Å². The van der Waals surface area contributed by atoms with E-state index in [1.807, 2.05) is 18.2 Å². The van der Waals surface area contributed by atoms with Gasteiger partial charge in [-0.25, -0.2) is 0 Å². The summed E-state index contributed by atoms with van der Waals surface area (Å²) in [5, 5.41) is 0.986. The summed E-state index contributed by atoms with van der Waals surface area (Å²) < 4.78 is 5.76. The molecule has 0 aliphatic rings. The number of rotatable bonds is 4. The van der Waals surface area contributed by atoms with E-state index in [0.29, 0.717) is 0 Å². The maximum atomic E-state index is 5.76. The van der Waals surface area contributed by atoms with Crippen molar-refractivity contribution in [3.63, 3.8) is 0 Å². The zero-order chi connectivity index (χ0) is 9.68. The fourth-order valence-corrected chi connectivity index (χ4v) is 1.76. The SMILES string of the molecule is Cc1ccccc1OC(C)CCBr. The van der Waals surface area contributed by atoms with Gasteiger partial charge in [-0.2, -0.15) is 0 Å². The first kappa shape index (κ1) is 10.6. The minimum absolute atomic E-state index is 0.278. The van der Waals surface area contributed by atoms with Crippen LogP contribution >= 0.6 is 15.9 Å². The van der Waals surface area contributed by atoms with Crippen molar-refractivity contribution in [2.24, 2.45) is 0 Å². The Kier molecular flexibility index (Phi) is 4.29. The van der Waals surface area contributed by atoms with Crippen molar-refractivity contribution in [3.05, 3.63) is 29.8 Å². The Morgan fingerprint density at radius 1 is 1.38 bits per heavy atom. The van der Waals surface area contributed by atoms with E-state index in [9.17, 15) is 0 Å². The number of hydrogen-bond donors (Lipinski definition) is 0. The Hall–Kier alpha value is -0.500. The standard InChI is InChI=1S/C11H15BrO/c1-9-5-3-4-6-11(9)13-10(2)7-8-12/h3-6,10H,7-8H2,1-2H3. The summed E-state index contributed by atoms with van der Waals surface area (Å²) in [6.07, 6.45) is 1.31. The molecule has 0 aromatic heterocycles. The predicted molar refractivity (Wildman–Crippen MR) is 59.7 cm³/mol. The van der Waals surface area contributed by atoms with Gasteiger partial charge in [0.2, 0.25) is 0 Å². The normalized spacial score (nSPS) is 12.5. The van der Waals surface area contributed by atoms with Gasteiger partial charge in [-0.3, -0.25) is 0 Å². The third kappa shape index (κ3) is 3.39. The van der Waals surface area contributed by atoms with Crippen LogP contribution in [0.5, 0.6) is 5.75 Å². The molecule has 72 valence electrons. The number of benzene rings is 1. The molecule has 1 aromatic rings. The summed E-state index contributed by atoms with van der Waals surface area (Å²) in [6, 6.07) is 8.11. The molecule has 0 saturated carbocycles. The zero-order valence-corrected chi connectivity index (χ0v) is 9.67. The summed E-state index contributed by atoms with van der Waals surface area (Å²) >= 11 is 3.40. The van der Waals surface area contributed by atoms with Gasteiger partial charge in [0.15, 0.2) is 0 Å². The van der Waals surface area contributed by atoms with Gasteiger partial charge in [0.05, 0.1) is 6.10 Å². The summed E-state index contributed by atoms with van der Waals surface area (Å²) in [7, 11) is 0. The van der Waals surface area contributed by atoms with E-state index in [-0.39, 0.29) is 6.10 Å². The highest BCUT2D eigenvalue weighted by Crippen LogP contribution is 2.18. The van der Waals surface area contributed by atoms with E-state index in [2.05, 4.69) is 35.8 Å². The van der Waals surface area contributed by atoms with E-state index in [0.717, 1.165) is 17.5 Å². The minimum Gasteiger partial charge on any atom is -0.490 e. The summed E-state index contributed by atoms with van der Waals surface area (Å²) in [4.78, 5) is 0. The Bertz CT molecular complexity index is 260. The van der Waals surface area contributed by atoms with E-state index < -0.39 is 0 Å². The van der Waals surface area contributed by atoms with Gasteiger partial charge in [-0.15, -0.1) is 0 Å². The van der Waals surface area contributed by atoms with E-state index >= 15 is 0 Å². The van der Waals surface area contributed by atoms with Gasteiger partial charge >= 0.3 is 0 Å². The molecular formula is C11H15BrO. The van der Waals surface area contributed by atoms with Crippen molar-refractivity contribution in [1.29, 1.82) is 0 Å². The lowest BCUT2D eigenvalue weighted by molar-refractivity contribution is 0.217. The quantitative estimate of drug-likeness (QED) is 0.735. The molecule has 0 fully saturated rings. The fourth-order valence-electron chi connectivity index (χ4n) is 1.12. The molecule has 2 heteroatoms. The molecule has 0 spiro atoms. The van der Waals surface area contributed by atoms with Crippen LogP contribution in [0.2, 0.25) is 0 Å². The van der Waals surface area contributed by atoms with Gasteiger partial charge < -0.3 is 4.74 Å². The van der Waals surface area contributed by atoms with Gasteiger partial charge in [0.1, 0.15) is 5.75 Å². The van der Waals surface area contributed by atoms with Crippen LogP contribution in [0.1, 0.15) is 18.9 Å². The topological polar surface area (TPSA) is 9.23 Å². The van der Waals surface area contributed by atoms with Crippen LogP contribution in [0.4, 0.5) is 0 Å². The van der Waals surface area contributed by atoms with Crippen LogP contribution in [-0.2, 0) is 0 Å². The molecule has 1 aromatic carbocycles. The van der Waals surface area contributed by atoms with Crippen molar-refractivity contribution < 1.29 is 4.74 Å². The first-order valence-electron chi connectivity index (χ1n) is 4.52. The van der Waals surface area contributed by atoms with Gasteiger partial charge in [-0.05, 0) is 31.9 Å². The number of aryl methyl sites for hydroxylation is 1. The lowest BCUT2D eigenvalue weighted by Crippen LogP contribution is -2.12. The predicted octanol–water partition coefficient (Wildman–Crippen LogP) is 3.55. The number of hydrogen-bond acceptors (Lipinski definition) is 1. The van der Waals surface area contributed by atoms with Crippen molar-refractivity contribution in [2.45, 2.75) is 26.4 Å². The molecule has 1 atom stereocenters. The van der Waals surface area contributed by atoms with Crippen LogP contribution < -0.4 is 4.74 Å². The molecule has 1 nitrogen and oxygen atoms in total. The first-order chi connectivity index (χ1) is 6.24. The van der Waals surface area contributed by atoms with E-state index in [1.54, 1.807) is 0 Å². The van der Waals surface area contributed by atoms with Crippen molar-refractivity contribution in [2.75, 3.05) is 5.33 Å². The highest BCUT2D eigenvalue weighted by Gasteiger charge is 2.04. The van der Waals surface area contributed by atoms with Crippen LogP contribution in [0.15, 0.2) is 24.3 Å². The van der Waals surface area contributed by atoms with Gasteiger partial charge in [0.25, 0.3) is 0 Å². The fraction of sp³-hybridized carbons (Fsp3) is 0.455. The average Bonchev–Trinajstić information content (AvgIpc) is 2.09. The number of halogens is 1. The van der Waals surface area contributed by atoms with Crippen molar-refractivity contribution in [1.82, 2.24) is 0 Å². The second-order valence-corrected chi connectivity index (χ2v) is 3.96. The molecule has 1 unspecified atom stereocenters.